The summed E-state index contributed by atoms with van der Waals surface area (Å²) < 4.78 is 14.3. The molecule has 0 radical (unpaired) electrons. The maximum absolute atomic E-state index is 12.3. The number of carbonyl (C=O) groups excluding carboxylic acids is 3. The largest absolute Gasteiger partial charge is 0.469 e. The van der Waals surface area contributed by atoms with Gasteiger partial charge in [0.2, 0.25) is 0 Å². The molecular formula is C18H24O6. The van der Waals surface area contributed by atoms with Crippen molar-refractivity contribution in [2.75, 3.05) is 21.3 Å². The maximum Gasteiger partial charge on any atom is 0.309 e. The van der Waals surface area contributed by atoms with Crippen LogP contribution in [0, 0.1) is 5.92 Å². The van der Waals surface area contributed by atoms with Crippen molar-refractivity contribution >= 4 is 17.9 Å². The molecule has 0 aliphatic carbocycles. The van der Waals surface area contributed by atoms with Crippen LogP contribution >= 0.6 is 0 Å². The number of methoxy groups -OCH3 is 3. The fourth-order valence-electron chi connectivity index (χ4n) is 2.66. The van der Waals surface area contributed by atoms with Crippen molar-refractivity contribution in [2.24, 2.45) is 5.92 Å². The summed E-state index contributed by atoms with van der Waals surface area (Å²) >= 11 is 0. The van der Waals surface area contributed by atoms with Crippen LogP contribution in [-0.4, -0.2) is 39.2 Å². The number of ether oxygens (including phenoxy) is 3. The molecule has 0 aromatic heterocycles. The molecule has 132 valence electrons. The third kappa shape index (κ3) is 6.02. The summed E-state index contributed by atoms with van der Waals surface area (Å²) in [5, 5.41) is 0. The smallest absolute Gasteiger partial charge is 0.309 e. The molecule has 0 spiro atoms. The van der Waals surface area contributed by atoms with E-state index in [2.05, 4.69) is 4.74 Å². The summed E-state index contributed by atoms with van der Waals surface area (Å²) in [5.41, 5.74) is 0.858. The molecule has 0 heterocycles. The van der Waals surface area contributed by atoms with Crippen LogP contribution in [-0.2, 0) is 28.6 Å². The minimum absolute atomic E-state index is 0.0680. The van der Waals surface area contributed by atoms with Crippen molar-refractivity contribution in [3.63, 3.8) is 0 Å². The SMILES string of the molecule is COC(=O)CCCC(C(=O)OC)C(CC(=O)OC)c1ccccc1. The quantitative estimate of drug-likeness (QED) is 0.509. The first kappa shape index (κ1) is 19.7. The molecule has 2 unspecified atom stereocenters. The van der Waals surface area contributed by atoms with Crippen molar-refractivity contribution in [1.82, 2.24) is 0 Å². The van der Waals surface area contributed by atoms with Gasteiger partial charge in [0, 0.05) is 12.3 Å². The highest BCUT2D eigenvalue weighted by Gasteiger charge is 2.32. The Kier molecular flexibility index (Phi) is 8.54. The van der Waals surface area contributed by atoms with Crippen LogP contribution in [0.1, 0.15) is 37.2 Å². The zero-order valence-corrected chi connectivity index (χ0v) is 14.3. The van der Waals surface area contributed by atoms with Gasteiger partial charge in [0.25, 0.3) is 0 Å². The summed E-state index contributed by atoms with van der Waals surface area (Å²) in [6.45, 7) is 0. The molecule has 1 aromatic rings. The highest BCUT2D eigenvalue weighted by atomic mass is 16.5. The summed E-state index contributed by atoms with van der Waals surface area (Å²) in [6, 6.07) is 9.29. The molecule has 0 bridgehead atoms. The highest BCUT2D eigenvalue weighted by Crippen LogP contribution is 2.33. The molecular weight excluding hydrogens is 312 g/mol. The van der Waals surface area contributed by atoms with Crippen LogP contribution in [0.5, 0.6) is 0 Å². The van der Waals surface area contributed by atoms with Crippen molar-refractivity contribution in [1.29, 1.82) is 0 Å². The number of hydrogen-bond acceptors (Lipinski definition) is 6. The van der Waals surface area contributed by atoms with E-state index in [1.807, 2.05) is 30.3 Å². The fourth-order valence-corrected chi connectivity index (χ4v) is 2.66. The molecule has 0 aliphatic rings. The predicted octanol–water partition coefficient (Wildman–Crippen LogP) is 2.47. The monoisotopic (exact) mass is 336 g/mol. The standard InChI is InChI=1S/C18H24O6/c1-22-16(19)11-7-10-14(18(21)24-3)15(12-17(20)23-2)13-8-5-4-6-9-13/h4-6,8-9,14-15H,7,10-12H2,1-3H3. The molecule has 0 fully saturated rings. The van der Waals surface area contributed by atoms with Crippen LogP contribution in [0.15, 0.2) is 30.3 Å². The third-order valence-corrected chi connectivity index (χ3v) is 3.96. The third-order valence-electron chi connectivity index (χ3n) is 3.96. The lowest BCUT2D eigenvalue weighted by Crippen LogP contribution is -2.26. The van der Waals surface area contributed by atoms with Crippen LogP contribution in [0.2, 0.25) is 0 Å². The average molecular weight is 336 g/mol. The van der Waals surface area contributed by atoms with E-state index in [0.29, 0.717) is 12.8 Å². The van der Waals surface area contributed by atoms with E-state index in [9.17, 15) is 14.4 Å². The fraction of sp³-hybridized carbons (Fsp3) is 0.500. The van der Waals surface area contributed by atoms with Gasteiger partial charge in [-0.3, -0.25) is 14.4 Å². The second kappa shape index (κ2) is 10.4. The van der Waals surface area contributed by atoms with Crippen molar-refractivity contribution in [3.05, 3.63) is 35.9 Å². The van der Waals surface area contributed by atoms with E-state index < -0.39 is 17.9 Å². The first-order valence-electron chi connectivity index (χ1n) is 7.79. The molecule has 6 heteroatoms. The second-order valence-corrected chi connectivity index (χ2v) is 5.40. The molecule has 0 saturated heterocycles. The van der Waals surface area contributed by atoms with Crippen LogP contribution in [0.4, 0.5) is 0 Å². The lowest BCUT2D eigenvalue weighted by Gasteiger charge is -2.25. The normalized spacial score (nSPS) is 12.8. The highest BCUT2D eigenvalue weighted by molar-refractivity contribution is 5.77. The first-order valence-corrected chi connectivity index (χ1v) is 7.79. The number of benzene rings is 1. The Bertz CT molecular complexity index is 540. The van der Waals surface area contributed by atoms with Gasteiger partial charge in [-0.05, 0) is 18.4 Å². The Morgan fingerprint density at radius 3 is 2.08 bits per heavy atom. The van der Waals surface area contributed by atoms with E-state index >= 15 is 0 Å². The lowest BCUT2D eigenvalue weighted by atomic mass is 9.80. The van der Waals surface area contributed by atoms with Crippen LogP contribution < -0.4 is 0 Å². The van der Waals surface area contributed by atoms with Crippen LogP contribution in [0.25, 0.3) is 0 Å². The first-order chi connectivity index (χ1) is 11.5. The van der Waals surface area contributed by atoms with E-state index in [1.54, 1.807) is 0 Å². The predicted molar refractivity (Wildman–Crippen MR) is 87.2 cm³/mol. The number of rotatable bonds is 9. The van der Waals surface area contributed by atoms with Gasteiger partial charge in [0.15, 0.2) is 0 Å². The summed E-state index contributed by atoms with van der Waals surface area (Å²) in [6.07, 6.45) is 1.16. The van der Waals surface area contributed by atoms with Gasteiger partial charge in [-0.15, -0.1) is 0 Å². The van der Waals surface area contributed by atoms with Gasteiger partial charge in [0.05, 0.1) is 33.7 Å². The molecule has 24 heavy (non-hydrogen) atoms. The van der Waals surface area contributed by atoms with Crippen molar-refractivity contribution in [2.45, 2.75) is 31.6 Å². The number of esters is 3. The molecule has 1 aromatic carbocycles. The van der Waals surface area contributed by atoms with Crippen molar-refractivity contribution < 1.29 is 28.6 Å². The second-order valence-electron chi connectivity index (χ2n) is 5.40. The zero-order valence-electron chi connectivity index (χ0n) is 14.3. The van der Waals surface area contributed by atoms with Gasteiger partial charge >= 0.3 is 17.9 Å². The Morgan fingerprint density at radius 2 is 1.54 bits per heavy atom. The minimum atomic E-state index is -0.541. The van der Waals surface area contributed by atoms with E-state index in [-0.39, 0.29) is 24.7 Å². The van der Waals surface area contributed by atoms with Gasteiger partial charge < -0.3 is 14.2 Å². The molecule has 0 saturated carbocycles. The Morgan fingerprint density at radius 1 is 0.917 bits per heavy atom. The summed E-state index contributed by atoms with van der Waals surface area (Å²) in [5.74, 6) is -2.05. The molecule has 0 amide bonds. The molecule has 1 rings (SSSR count). The maximum atomic E-state index is 12.3. The van der Waals surface area contributed by atoms with E-state index in [0.717, 1.165) is 5.56 Å². The van der Waals surface area contributed by atoms with Gasteiger partial charge in [-0.1, -0.05) is 30.3 Å². The van der Waals surface area contributed by atoms with Crippen molar-refractivity contribution in [3.8, 4) is 0 Å². The van der Waals surface area contributed by atoms with E-state index in [1.165, 1.54) is 21.3 Å². The summed E-state index contributed by atoms with van der Waals surface area (Å²) in [4.78, 5) is 35.3. The molecule has 2 atom stereocenters. The van der Waals surface area contributed by atoms with Gasteiger partial charge in [0.1, 0.15) is 0 Å². The Balaban J connectivity index is 2.98. The molecule has 0 aliphatic heterocycles. The minimum Gasteiger partial charge on any atom is -0.469 e. The molecule has 6 nitrogen and oxygen atoms in total. The lowest BCUT2D eigenvalue weighted by molar-refractivity contribution is -0.149. The van der Waals surface area contributed by atoms with Gasteiger partial charge in [-0.25, -0.2) is 0 Å². The Labute approximate surface area is 142 Å². The summed E-state index contributed by atoms with van der Waals surface area (Å²) in [7, 11) is 3.95. The topological polar surface area (TPSA) is 78.9 Å². The average Bonchev–Trinajstić information content (AvgIpc) is 2.63. The number of hydrogen-bond donors (Lipinski definition) is 0. The Hall–Kier alpha value is -2.37. The van der Waals surface area contributed by atoms with Gasteiger partial charge in [-0.2, -0.15) is 0 Å². The van der Waals surface area contributed by atoms with E-state index in [4.69, 9.17) is 9.47 Å². The zero-order chi connectivity index (χ0) is 17.9. The number of carbonyl (C=O) groups is 3. The molecule has 0 N–H and O–H groups in total. The van der Waals surface area contributed by atoms with Crippen LogP contribution in [0.3, 0.4) is 0 Å².